The molecule has 0 spiro atoms. The van der Waals surface area contributed by atoms with Gasteiger partial charge in [-0.1, -0.05) is 72.8 Å². The van der Waals surface area contributed by atoms with Gasteiger partial charge in [-0.25, -0.2) is 0 Å². The van der Waals surface area contributed by atoms with E-state index in [0.29, 0.717) is 11.1 Å². The molecule has 0 N–H and O–H groups in total. The molecule has 2 aliphatic rings. The molecule has 0 atom stereocenters. The van der Waals surface area contributed by atoms with E-state index in [9.17, 15) is 52.6 Å². The molecule has 0 saturated heterocycles. The van der Waals surface area contributed by atoms with E-state index in [1.807, 2.05) is 24.3 Å². The highest BCUT2D eigenvalue weighted by Gasteiger charge is 2.43. The third-order valence-electron chi connectivity index (χ3n) is 9.89. The van der Waals surface area contributed by atoms with Crippen molar-refractivity contribution >= 4 is 44.6 Å². The summed E-state index contributed by atoms with van der Waals surface area (Å²) < 4.78 is 0. The van der Waals surface area contributed by atoms with Crippen molar-refractivity contribution in [1.29, 1.82) is 52.6 Å². The van der Waals surface area contributed by atoms with Crippen LogP contribution in [0.15, 0.2) is 97.1 Å². The zero-order chi connectivity index (χ0) is 41.1. The summed E-state index contributed by atoms with van der Waals surface area (Å²) in [6, 6.07) is 46.8. The Kier molecular flexibility index (Phi) is 9.25. The van der Waals surface area contributed by atoms with Crippen LogP contribution >= 0.6 is 0 Å². The first-order valence-electron chi connectivity index (χ1n) is 17.0. The van der Waals surface area contributed by atoms with Crippen molar-refractivity contribution in [3.05, 3.63) is 175 Å². The number of allylic oxidation sites excluding steroid dienone is 8. The van der Waals surface area contributed by atoms with E-state index in [4.69, 9.17) is 0 Å². The molecular weight excluding hydrogens is 717 g/mol. The van der Waals surface area contributed by atoms with Gasteiger partial charge in [0.15, 0.2) is 0 Å². The van der Waals surface area contributed by atoms with Crippen molar-refractivity contribution in [2.24, 2.45) is 0 Å². The van der Waals surface area contributed by atoms with Crippen LogP contribution in [0, 0.1) is 113 Å². The minimum absolute atomic E-state index is 0.00103. The molecular formula is C48H16N10. The molecule has 10 nitrogen and oxygen atoms in total. The first-order valence-corrected chi connectivity index (χ1v) is 17.0. The number of nitriles is 10. The average Bonchev–Trinajstić information content (AvgIpc) is 3.79. The summed E-state index contributed by atoms with van der Waals surface area (Å²) in [6.45, 7) is 0. The monoisotopic (exact) mass is 732 g/mol. The van der Waals surface area contributed by atoms with Crippen molar-refractivity contribution in [3.63, 3.8) is 0 Å². The number of benzene rings is 5. The predicted octanol–water partition coefficient (Wildman–Crippen LogP) is 8.68. The van der Waals surface area contributed by atoms with Crippen LogP contribution in [0.4, 0.5) is 0 Å². The fourth-order valence-corrected chi connectivity index (χ4v) is 7.54. The Labute approximate surface area is 331 Å². The largest absolute Gasteiger partial charge is 0.192 e. The Hall–Kier alpha value is -10.0. The van der Waals surface area contributed by atoms with Gasteiger partial charge in [-0.15, -0.1) is 0 Å². The molecule has 10 heteroatoms. The molecule has 0 fully saturated rings. The van der Waals surface area contributed by atoms with E-state index in [2.05, 4.69) is 36.4 Å². The van der Waals surface area contributed by atoms with Crippen molar-refractivity contribution in [2.45, 2.75) is 0 Å². The van der Waals surface area contributed by atoms with Gasteiger partial charge in [0.05, 0.1) is 55.7 Å². The fourth-order valence-electron chi connectivity index (χ4n) is 7.54. The summed E-state index contributed by atoms with van der Waals surface area (Å²) in [7, 11) is 0. The van der Waals surface area contributed by atoms with Crippen LogP contribution in [0.3, 0.4) is 0 Å². The van der Waals surface area contributed by atoms with Gasteiger partial charge in [0.25, 0.3) is 0 Å². The molecule has 58 heavy (non-hydrogen) atoms. The van der Waals surface area contributed by atoms with Gasteiger partial charge in [-0.05, 0) is 46.5 Å². The van der Waals surface area contributed by atoms with Crippen molar-refractivity contribution in [3.8, 4) is 60.7 Å². The van der Waals surface area contributed by atoms with Crippen molar-refractivity contribution < 1.29 is 0 Å². The van der Waals surface area contributed by atoms with Gasteiger partial charge in [0, 0.05) is 44.5 Å². The lowest BCUT2D eigenvalue weighted by atomic mass is 9.81. The average molecular weight is 733 g/mol. The molecule has 7 rings (SSSR count). The van der Waals surface area contributed by atoms with Gasteiger partial charge >= 0.3 is 0 Å². The maximum atomic E-state index is 11.3. The second-order valence-electron chi connectivity index (χ2n) is 12.6. The molecule has 258 valence electrons. The molecule has 5 aromatic carbocycles. The molecule has 0 unspecified atom stereocenters. The molecule has 2 aliphatic carbocycles. The Balaban J connectivity index is 1.77. The van der Waals surface area contributed by atoms with Crippen LogP contribution in [0.5, 0.6) is 0 Å². The summed E-state index contributed by atoms with van der Waals surface area (Å²) in [4.78, 5) is 0. The smallest absolute Gasteiger partial charge is 0.101 e. The molecule has 0 bridgehead atoms. The minimum Gasteiger partial charge on any atom is -0.192 e. The third kappa shape index (κ3) is 5.34. The summed E-state index contributed by atoms with van der Waals surface area (Å²) in [6.07, 6.45) is 0. The fraction of sp³-hybridized carbons (Fsp3) is 0. The second kappa shape index (κ2) is 14.8. The normalized spacial score (nSPS) is 13.6. The Morgan fingerprint density at radius 2 is 0.707 bits per heavy atom. The Bertz CT molecular complexity index is 3100. The standard InChI is InChI=1S/C48H16N10/c49-17-31-13-11-29(15-33(31)19-51)35(21-53)45-41(27-7-3-1-4-8-27)37(23-55)43-39(25-57)44-38(24-56)42(28-9-5-2-6-10-28)46(48(44)40(26-58)47(43)45)36(22-54)30-12-14-32(18-50)34(16-30)20-52/h1-16H/b45-35+,46-36+. The maximum absolute atomic E-state index is 11.3. The number of fused-ring (bicyclic) bond motifs is 2. The number of nitrogens with zero attached hydrogens (tertiary/aromatic N) is 10. The maximum Gasteiger partial charge on any atom is 0.101 e. The van der Waals surface area contributed by atoms with Crippen LogP contribution in [0.2, 0.25) is 0 Å². The first kappa shape index (κ1) is 36.3. The Morgan fingerprint density at radius 1 is 0.345 bits per heavy atom. The topological polar surface area (TPSA) is 238 Å². The molecule has 0 aromatic heterocycles. The van der Waals surface area contributed by atoms with E-state index >= 15 is 0 Å². The quantitative estimate of drug-likeness (QED) is 0.159. The van der Waals surface area contributed by atoms with Gasteiger partial charge in [0.1, 0.15) is 60.7 Å². The summed E-state index contributed by atoms with van der Waals surface area (Å²) in [5, 5.41) is 106. The summed E-state index contributed by atoms with van der Waals surface area (Å²) in [5.41, 5.74) is 1.36. The highest BCUT2D eigenvalue weighted by atomic mass is 14.5. The molecule has 0 amide bonds. The first-order chi connectivity index (χ1) is 28.4. The Morgan fingerprint density at radius 3 is 1.02 bits per heavy atom. The number of rotatable bonds is 4. The van der Waals surface area contributed by atoms with Crippen LogP contribution in [-0.4, -0.2) is 0 Å². The SMILES string of the molecule is N#CC1=C(c2ccccc2)/C(=C(/C#N)c2ccc(C#N)c(C#N)c2)c2c(C#N)c3c(c(C#N)c21)C(C#N)=C(c1ccccc1)/C3=C(/C#N)c1ccc(C#N)c(C#N)c1. The van der Waals surface area contributed by atoms with E-state index in [1.165, 1.54) is 36.4 Å². The van der Waals surface area contributed by atoms with Crippen molar-refractivity contribution in [1.82, 2.24) is 0 Å². The zero-order valence-corrected chi connectivity index (χ0v) is 29.7. The van der Waals surface area contributed by atoms with E-state index < -0.39 is 0 Å². The summed E-state index contributed by atoms with van der Waals surface area (Å²) >= 11 is 0. The molecule has 0 radical (unpaired) electrons. The van der Waals surface area contributed by atoms with Gasteiger partial charge in [-0.2, -0.15) is 52.6 Å². The zero-order valence-electron chi connectivity index (χ0n) is 29.7. The van der Waals surface area contributed by atoms with Crippen LogP contribution in [0.25, 0.3) is 44.6 Å². The van der Waals surface area contributed by atoms with Crippen LogP contribution < -0.4 is 0 Å². The lowest BCUT2D eigenvalue weighted by molar-refractivity contribution is 1.38. The minimum atomic E-state index is -0.159. The lowest BCUT2D eigenvalue weighted by Crippen LogP contribution is -2.05. The highest BCUT2D eigenvalue weighted by molar-refractivity contribution is 6.36. The molecule has 0 aliphatic heterocycles. The third-order valence-corrected chi connectivity index (χ3v) is 9.89. The molecule has 0 heterocycles. The highest BCUT2D eigenvalue weighted by Crippen LogP contribution is 2.59. The molecule has 5 aromatic rings. The van der Waals surface area contributed by atoms with Crippen LogP contribution in [0.1, 0.15) is 77.9 Å². The van der Waals surface area contributed by atoms with E-state index in [-0.39, 0.29) is 111 Å². The molecule has 0 saturated carbocycles. The van der Waals surface area contributed by atoms with Crippen LogP contribution in [-0.2, 0) is 0 Å². The second-order valence-corrected chi connectivity index (χ2v) is 12.6. The number of hydrogen-bond acceptors (Lipinski definition) is 10. The predicted molar refractivity (Wildman–Crippen MR) is 210 cm³/mol. The van der Waals surface area contributed by atoms with Gasteiger partial charge in [-0.3, -0.25) is 0 Å². The van der Waals surface area contributed by atoms with E-state index in [1.54, 1.807) is 60.7 Å². The van der Waals surface area contributed by atoms with Gasteiger partial charge < -0.3 is 0 Å². The van der Waals surface area contributed by atoms with Gasteiger partial charge in [0.2, 0.25) is 0 Å². The number of hydrogen-bond donors (Lipinski definition) is 0. The van der Waals surface area contributed by atoms with Crippen molar-refractivity contribution in [2.75, 3.05) is 0 Å². The van der Waals surface area contributed by atoms with E-state index in [0.717, 1.165) is 0 Å². The lowest BCUT2D eigenvalue weighted by Gasteiger charge is -2.18. The summed E-state index contributed by atoms with van der Waals surface area (Å²) in [5.74, 6) is 0.